The van der Waals surface area contributed by atoms with Crippen LogP contribution in [0.25, 0.3) is 0 Å². The number of aromatic nitrogens is 2. The van der Waals surface area contributed by atoms with E-state index in [1.807, 2.05) is 32.9 Å². The van der Waals surface area contributed by atoms with Gasteiger partial charge in [-0.15, -0.1) is 0 Å². The lowest BCUT2D eigenvalue weighted by atomic mass is 10.1. The molecular weight excluding hydrogens is 336 g/mol. The molecule has 134 valence electrons. The monoisotopic (exact) mass is 360 g/mol. The van der Waals surface area contributed by atoms with Gasteiger partial charge >= 0.3 is 0 Å². The van der Waals surface area contributed by atoms with E-state index in [9.17, 15) is 8.42 Å². The number of piperidine rings is 1. The number of rotatable bonds is 4. The van der Waals surface area contributed by atoms with Crippen molar-refractivity contribution in [3.8, 4) is 0 Å². The van der Waals surface area contributed by atoms with Crippen LogP contribution >= 0.6 is 0 Å². The molecule has 0 spiro atoms. The van der Waals surface area contributed by atoms with Crippen molar-refractivity contribution in [3.05, 3.63) is 41.2 Å². The Kier molecular flexibility index (Phi) is 4.94. The molecule has 1 aromatic carbocycles. The predicted molar refractivity (Wildman–Crippen MR) is 99.6 cm³/mol. The maximum absolute atomic E-state index is 12.8. The lowest BCUT2D eigenvalue weighted by Gasteiger charge is -2.26. The zero-order chi connectivity index (χ0) is 18.0. The zero-order valence-corrected chi connectivity index (χ0v) is 15.7. The third kappa shape index (κ3) is 3.92. The molecular formula is C18H24N4O2S. The molecule has 1 aliphatic rings. The smallest absolute Gasteiger partial charge is 0.262 e. The number of hydrogen-bond acceptors (Lipinski definition) is 5. The van der Waals surface area contributed by atoms with Gasteiger partial charge in [-0.3, -0.25) is 4.72 Å². The summed E-state index contributed by atoms with van der Waals surface area (Å²) in [6.45, 7) is 7.48. The summed E-state index contributed by atoms with van der Waals surface area (Å²) in [6, 6.07) is 3.75. The second kappa shape index (κ2) is 7.00. The summed E-state index contributed by atoms with van der Waals surface area (Å²) >= 11 is 0. The number of nitrogens with zero attached hydrogens (tertiary/aromatic N) is 3. The van der Waals surface area contributed by atoms with Crippen molar-refractivity contribution in [2.75, 3.05) is 22.7 Å². The molecule has 0 saturated carbocycles. The standard InChI is InChI=1S/C18H24N4O2S/c1-13-9-14(2)17(15(3)10-13)25(23,24)21-16-11-19-18(20-12-16)22-7-5-4-6-8-22/h9-12,21H,4-8H2,1-3H3. The quantitative estimate of drug-likeness (QED) is 0.906. The third-order valence-electron chi connectivity index (χ3n) is 4.40. The first-order valence-electron chi connectivity index (χ1n) is 8.54. The highest BCUT2D eigenvalue weighted by Gasteiger charge is 2.21. The van der Waals surface area contributed by atoms with Crippen LogP contribution in [0.3, 0.4) is 0 Å². The molecule has 3 rings (SSSR count). The normalized spacial score (nSPS) is 15.2. The van der Waals surface area contributed by atoms with Gasteiger partial charge in [0, 0.05) is 13.1 Å². The number of benzene rings is 1. The first-order valence-corrected chi connectivity index (χ1v) is 10.0. The van der Waals surface area contributed by atoms with E-state index in [4.69, 9.17) is 0 Å². The van der Waals surface area contributed by atoms with Crippen molar-refractivity contribution in [1.82, 2.24) is 9.97 Å². The highest BCUT2D eigenvalue weighted by molar-refractivity contribution is 7.92. The summed E-state index contributed by atoms with van der Waals surface area (Å²) in [5.41, 5.74) is 2.88. The number of anilines is 2. The van der Waals surface area contributed by atoms with Crippen LogP contribution in [0.4, 0.5) is 11.6 Å². The second-order valence-electron chi connectivity index (χ2n) is 6.65. The van der Waals surface area contributed by atoms with Crippen LogP contribution in [0, 0.1) is 20.8 Å². The first kappa shape index (κ1) is 17.7. The Labute approximate surface area is 149 Å². The molecule has 1 fully saturated rings. The number of aryl methyl sites for hydroxylation is 3. The molecule has 0 atom stereocenters. The van der Waals surface area contributed by atoms with Crippen LogP contribution < -0.4 is 9.62 Å². The van der Waals surface area contributed by atoms with E-state index in [0.29, 0.717) is 16.5 Å². The van der Waals surface area contributed by atoms with Crippen molar-refractivity contribution in [2.45, 2.75) is 44.9 Å². The van der Waals surface area contributed by atoms with Gasteiger partial charge in [-0.25, -0.2) is 18.4 Å². The van der Waals surface area contributed by atoms with E-state index in [-0.39, 0.29) is 0 Å². The van der Waals surface area contributed by atoms with Gasteiger partial charge in [-0.2, -0.15) is 0 Å². The van der Waals surface area contributed by atoms with Gasteiger partial charge in [0.2, 0.25) is 5.95 Å². The first-order chi connectivity index (χ1) is 11.9. The number of hydrogen-bond donors (Lipinski definition) is 1. The maximum atomic E-state index is 12.8. The van der Waals surface area contributed by atoms with Crippen molar-refractivity contribution < 1.29 is 8.42 Å². The Morgan fingerprint density at radius 3 is 2.08 bits per heavy atom. The fourth-order valence-electron chi connectivity index (χ4n) is 3.43. The topological polar surface area (TPSA) is 75.2 Å². The van der Waals surface area contributed by atoms with Crippen LogP contribution in [0.5, 0.6) is 0 Å². The van der Waals surface area contributed by atoms with Crippen LogP contribution in [0.1, 0.15) is 36.0 Å². The predicted octanol–water partition coefficient (Wildman–Crippen LogP) is 3.19. The lowest BCUT2D eigenvalue weighted by Crippen LogP contribution is -2.30. The van der Waals surface area contributed by atoms with Crippen molar-refractivity contribution in [3.63, 3.8) is 0 Å². The summed E-state index contributed by atoms with van der Waals surface area (Å²) in [6.07, 6.45) is 6.60. The Bertz CT molecular complexity index is 834. The van der Waals surface area contributed by atoms with Gasteiger partial charge in [0.1, 0.15) is 0 Å². The summed E-state index contributed by atoms with van der Waals surface area (Å²) < 4.78 is 28.1. The molecule has 1 saturated heterocycles. The minimum Gasteiger partial charge on any atom is -0.341 e. The number of sulfonamides is 1. The molecule has 2 aromatic rings. The van der Waals surface area contributed by atoms with Crippen molar-refractivity contribution >= 4 is 21.7 Å². The second-order valence-corrected chi connectivity index (χ2v) is 8.27. The largest absolute Gasteiger partial charge is 0.341 e. The zero-order valence-electron chi connectivity index (χ0n) is 14.9. The summed E-state index contributed by atoms with van der Waals surface area (Å²) in [5.74, 6) is 0.658. The molecule has 7 heteroatoms. The van der Waals surface area contributed by atoms with Crippen LogP contribution in [-0.2, 0) is 10.0 Å². The number of nitrogens with one attached hydrogen (secondary N) is 1. The van der Waals surface area contributed by atoms with E-state index in [1.54, 1.807) is 0 Å². The van der Waals surface area contributed by atoms with Gasteiger partial charge in [0.05, 0.1) is 23.0 Å². The fraction of sp³-hybridized carbons (Fsp3) is 0.444. The molecule has 1 aromatic heterocycles. The Morgan fingerprint density at radius 1 is 0.960 bits per heavy atom. The molecule has 0 amide bonds. The minimum absolute atomic E-state index is 0.318. The van der Waals surface area contributed by atoms with Crippen molar-refractivity contribution in [2.24, 2.45) is 0 Å². The van der Waals surface area contributed by atoms with Crippen LogP contribution in [-0.4, -0.2) is 31.5 Å². The van der Waals surface area contributed by atoms with Gasteiger partial charge in [-0.1, -0.05) is 17.7 Å². The molecule has 1 N–H and O–H groups in total. The van der Waals surface area contributed by atoms with E-state index in [1.165, 1.54) is 18.8 Å². The van der Waals surface area contributed by atoms with Crippen LogP contribution in [0.2, 0.25) is 0 Å². The maximum Gasteiger partial charge on any atom is 0.262 e. The average molecular weight is 360 g/mol. The van der Waals surface area contributed by atoms with E-state index < -0.39 is 10.0 Å². The Balaban J connectivity index is 1.82. The Morgan fingerprint density at radius 2 is 1.52 bits per heavy atom. The van der Waals surface area contributed by atoms with E-state index in [2.05, 4.69) is 19.6 Å². The molecule has 0 radical (unpaired) electrons. The molecule has 6 nitrogen and oxygen atoms in total. The SMILES string of the molecule is Cc1cc(C)c(S(=O)(=O)Nc2cnc(N3CCCCC3)nc2)c(C)c1. The van der Waals surface area contributed by atoms with E-state index in [0.717, 1.165) is 42.6 Å². The Hall–Kier alpha value is -2.15. The van der Waals surface area contributed by atoms with Crippen molar-refractivity contribution in [1.29, 1.82) is 0 Å². The van der Waals surface area contributed by atoms with E-state index >= 15 is 0 Å². The molecule has 25 heavy (non-hydrogen) atoms. The average Bonchev–Trinajstić information content (AvgIpc) is 2.54. The minimum atomic E-state index is -3.67. The summed E-state index contributed by atoms with van der Waals surface area (Å²) in [5, 5.41) is 0. The van der Waals surface area contributed by atoms with Gasteiger partial charge in [0.15, 0.2) is 0 Å². The van der Waals surface area contributed by atoms with Crippen LogP contribution in [0.15, 0.2) is 29.4 Å². The molecule has 0 unspecified atom stereocenters. The highest BCUT2D eigenvalue weighted by Crippen LogP contribution is 2.24. The summed E-state index contributed by atoms with van der Waals surface area (Å²) in [7, 11) is -3.67. The fourth-order valence-corrected chi connectivity index (χ4v) is 4.91. The molecule has 0 aliphatic carbocycles. The lowest BCUT2D eigenvalue weighted by molar-refractivity contribution is 0.568. The van der Waals surface area contributed by atoms with Gasteiger partial charge < -0.3 is 4.90 Å². The molecule has 1 aliphatic heterocycles. The van der Waals surface area contributed by atoms with Gasteiger partial charge in [0.25, 0.3) is 10.0 Å². The van der Waals surface area contributed by atoms with Gasteiger partial charge in [-0.05, 0) is 51.2 Å². The molecule has 0 bridgehead atoms. The highest BCUT2D eigenvalue weighted by atomic mass is 32.2. The summed E-state index contributed by atoms with van der Waals surface area (Å²) in [4.78, 5) is 11.1. The molecule has 2 heterocycles. The third-order valence-corrected chi connectivity index (χ3v) is 6.09.